The van der Waals surface area contributed by atoms with Crippen molar-refractivity contribution in [2.45, 2.75) is 19.9 Å². The van der Waals surface area contributed by atoms with Crippen molar-refractivity contribution in [1.29, 1.82) is 0 Å². The molecule has 7 heteroatoms. The van der Waals surface area contributed by atoms with E-state index in [4.69, 9.17) is 0 Å². The number of carbonyl (C=O) groups is 1. The summed E-state index contributed by atoms with van der Waals surface area (Å²) in [6, 6.07) is 15.0. The van der Waals surface area contributed by atoms with Gasteiger partial charge in [0.2, 0.25) is 0 Å². The lowest BCUT2D eigenvalue weighted by atomic mass is 10.1. The zero-order valence-corrected chi connectivity index (χ0v) is 13.5. The maximum absolute atomic E-state index is 12.2. The molecule has 0 radical (unpaired) electrons. The van der Waals surface area contributed by atoms with Gasteiger partial charge in [-0.05, 0) is 47.5 Å². The summed E-state index contributed by atoms with van der Waals surface area (Å²) < 4.78 is 1.56. The first-order valence-corrected chi connectivity index (χ1v) is 7.60. The normalized spacial score (nSPS) is 11.8. The monoisotopic (exact) mass is 322 g/mol. The number of tetrazole rings is 1. The summed E-state index contributed by atoms with van der Waals surface area (Å²) in [7, 11) is 0. The topological polar surface area (TPSA) is 84.7 Å². The van der Waals surface area contributed by atoms with E-state index in [9.17, 15) is 4.79 Å². The smallest absolute Gasteiger partial charge is 0.319 e. The molecular formula is C17H18N6O. The van der Waals surface area contributed by atoms with E-state index in [-0.39, 0.29) is 12.1 Å². The number of hydrogen-bond acceptors (Lipinski definition) is 4. The van der Waals surface area contributed by atoms with Gasteiger partial charge >= 0.3 is 6.03 Å². The number of amides is 2. The van der Waals surface area contributed by atoms with Gasteiger partial charge in [-0.2, -0.15) is 0 Å². The molecule has 0 aliphatic rings. The van der Waals surface area contributed by atoms with Crippen LogP contribution < -0.4 is 10.6 Å². The van der Waals surface area contributed by atoms with E-state index in [0.717, 1.165) is 16.8 Å². The number of anilines is 1. The van der Waals surface area contributed by atoms with Crippen LogP contribution in [-0.2, 0) is 0 Å². The van der Waals surface area contributed by atoms with Crippen LogP contribution in [0.2, 0.25) is 0 Å². The summed E-state index contributed by atoms with van der Waals surface area (Å²) in [5.41, 5.74) is 3.54. The van der Waals surface area contributed by atoms with Crippen molar-refractivity contribution in [3.05, 3.63) is 66.0 Å². The van der Waals surface area contributed by atoms with Crippen molar-refractivity contribution >= 4 is 11.7 Å². The highest BCUT2D eigenvalue weighted by atomic mass is 16.2. The van der Waals surface area contributed by atoms with Crippen molar-refractivity contribution in [1.82, 2.24) is 25.5 Å². The molecule has 1 aromatic heterocycles. The fraction of sp³-hybridized carbons (Fsp3) is 0.176. The Morgan fingerprint density at radius 1 is 1.17 bits per heavy atom. The average molecular weight is 322 g/mol. The van der Waals surface area contributed by atoms with Gasteiger partial charge < -0.3 is 10.6 Å². The first-order chi connectivity index (χ1) is 11.6. The van der Waals surface area contributed by atoms with E-state index in [1.54, 1.807) is 4.68 Å². The van der Waals surface area contributed by atoms with Gasteiger partial charge in [-0.25, -0.2) is 9.48 Å². The number of urea groups is 1. The SMILES string of the molecule is Cc1ccc(NC(=O)N[C@H](C)c2ccccc2)cc1-n1cnnn1. The highest BCUT2D eigenvalue weighted by molar-refractivity contribution is 5.89. The van der Waals surface area contributed by atoms with Crippen LogP contribution in [0.5, 0.6) is 0 Å². The Hall–Kier alpha value is -3.22. The molecule has 24 heavy (non-hydrogen) atoms. The van der Waals surface area contributed by atoms with Gasteiger partial charge in [-0.15, -0.1) is 5.10 Å². The number of nitrogens with zero attached hydrogens (tertiary/aromatic N) is 4. The number of hydrogen-bond donors (Lipinski definition) is 2. The Bertz CT molecular complexity index is 816. The van der Waals surface area contributed by atoms with Gasteiger partial charge in [0.1, 0.15) is 6.33 Å². The van der Waals surface area contributed by atoms with Crippen molar-refractivity contribution in [3.63, 3.8) is 0 Å². The number of carbonyl (C=O) groups excluding carboxylic acids is 1. The van der Waals surface area contributed by atoms with E-state index in [1.807, 2.05) is 62.4 Å². The predicted octanol–water partition coefficient (Wildman–Crippen LogP) is 2.85. The van der Waals surface area contributed by atoms with Crippen molar-refractivity contribution in [2.75, 3.05) is 5.32 Å². The van der Waals surface area contributed by atoms with Gasteiger partial charge in [0.25, 0.3) is 0 Å². The van der Waals surface area contributed by atoms with Gasteiger partial charge in [-0.1, -0.05) is 36.4 Å². The minimum atomic E-state index is -0.266. The molecule has 0 aliphatic carbocycles. The summed E-state index contributed by atoms with van der Waals surface area (Å²) in [4.78, 5) is 12.2. The number of aromatic nitrogens is 4. The highest BCUT2D eigenvalue weighted by Gasteiger charge is 2.10. The molecule has 0 fully saturated rings. The second kappa shape index (κ2) is 6.91. The minimum Gasteiger partial charge on any atom is -0.331 e. The van der Waals surface area contributed by atoms with Gasteiger partial charge in [0.05, 0.1) is 11.7 Å². The maximum atomic E-state index is 12.2. The van der Waals surface area contributed by atoms with Gasteiger partial charge in [-0.3, -0.25) is 0 Å². The summed E-state index contributed by atoms with van der Waals surface area (Å²) in [5, 5.41) is 16.9. The first kappa shape index (κ1) is 15.7. The molecule has 3 rings (SSSR count). The zero-order chi connectivity index (χ0) is 16.9. The zero-order valence-electron chi connectivity index (χ0n) is 13.5. The molecule has 0 unspecified atom stereocenters. The molecule has 0 bridgehead atoms. The van der Waals surface area contributed by atoms with Crippen LogP contribution in [0.1, 0.15) is 24.1 Å². The molecule has 7 nitrogen and oxygen atoms in total. The van der Waals surface area contributed by atoms with Gasteiger partial charge in [0.15, 0.2) is 0 Å². The molecule has 0 saturated heterocycles. The molecule has 1 atom stereocenters. The second-order valence-corrected chi connectivity index (χ2v) is 5.49. The van der Waals surface area contributed by atoms with Crippen LogP contribution in [0.3, 0.4) is 0 Å². The molecule has 0 aliphatic heterocycles. The van der Waals surface area contributed by atoms with Crippen LogP contribution in [0.4, 0.5) is 10.5 Å². The number of nitrogens with one attached hydrogen (secondary N) is 2. The lowest BCUT2D eigenvalue weighted by Gasteiger charge is -2.15. The van der Waals surface area contributed by atoms with Crippen molar-refractivity contribution in [2.24, 2.45) is 0 Å². The Morgan fingerprint density at radius 3 is 2.67 bits per heavy atom. The second-order valence-electron chi connectivity index (χ2n) is 5.49. The van der Waals surface area contributed by atoms with E-state index < -0.39 is 0 Å². The first-order valence-electron chi connectivity index (χ1n) is 7.60. The molecule has 0 spiro atoms. The van der Waals surface area contributed by atoms with E-state index in [0.29, 0.717) is 5.69 Å². The number of aryl methyl sites for hydroxylation is 1. The fourth-order valence-electron chi connectivity index (χ4n) is 2.39. The third-order valence-electron chi connectivity index (χ3n) is 3.71. The van der Waals surface area contributed by atoms with Crippen molar-refractivity contribution < 1.29 is 4.79 Å². The average Bonchev–Trinajstić information content (AvgIpc) is 3.11. The van der Waals surface area contributed by atoms with E-state index >= 15 is 0 Å². The molecular weight excluding hydrogens is 304 g/mol. The molecule has 0 saturated carbocycles. The maximum Gasteiger partial charge on any atom is 0.319 e. The van der Waals surface area contributed by atoms with Crippen LogP contribution in [0.15, 0.2) is 54.9 Å². The summed E-state index contributed by atoms with van der Waals surface area (Å²) >= 11 is 0. The van der Waals surface area contributed by atoms with Crippen LogP contribution >= 0.6 is 0 Å². The predicted molar refractivity (Wildman–Crippen MR) is 90.9 cm³/mol. The van der Waals surface area contributed by atoms with Crippen LogP contribution in [0, 0.1) is 6.92 Å². The van der Waals surface area contributed by atoms with Crippen LogP contribution in [-0.4, -0.2) is 26.2 Å². The summed E-state index contributed by atoms with van der Waals surface area (Å²) in [6.07, 6.45) is 1.52. The molecule has 2 aromatic carbocycles. The molecule has 2 N–H and O–H groups in total. The number of benzene rings is 2. The lowest BCUT2D eigenvalue weighted by molar-refractivity contribution is 0.249. The van der Waals surface area contributed by atoms with Crippen molar-refractivity contribution in [3.8, 4) is 5.69 Å². The Balaban J connectivity index is 1.70. The Labute approximate surface area is 139 Å². The fourth-order valence-corrected chi connectivity index (χ4v) is 2.39. The third-order valence-corrected chi connectivity index (χ3v) is 3.71. The molecule has 2 amide bonds. The summed E-state index contributed by atoms with van der Waals surface area (Å²) in [5.74, 6) is 0. The molecule has 122 valence electrons. The molecule has 3 aromatic rings. The Kier molecular flexibility index (Phi) is 4.51. The lowest BCUT2D eigenvalue weighted by Crippen LogP contribution is -2.31. The minimum absolute atomic E-state index is 0.0874. The van der Waals surface area contributed by atoms with Gasteiger partial charge in [0, 0.05) is 5.69 Å². The largest absolute Gasteiger partial charge is 0.331 e. The molecule has 1 heterocycles. The Morgan fingerprint density at radius 2 is 1.96 bits per heavy atom. The number of rotatable bonds is 4. The summed E-state index contributed by atoms with van der Waals surface area (Å²) in [6.45, 7) is 3.90. The van der Waals surface area contributed by atoms with E-state index in [2.05, 4.69) is 26.2 Å². The third kappa shape index (κ3) is 3.57. The van der Waals surface area contributed by atoms with Crippen LogP contribution in [0.25, 0.3) is 5.69 Å². The quantitative estimate of drug-likeness (QED) is 0.773. The highest BCUT2D eigenvalue weighted by Crippen LogP contribution is 2.18. The van der Waals surface area contributed by atoms with E-state index in [1.165, 1.54) is 6.33 Å². The standard InChI is InChI=1S/C17H18N6O/c1-12-8-9-15(10-16(12)23-11-18-21-22-23)20-17(24)19-13(2)14-6-4-3-5-7-14/h3-11,13H,1-2H3,(H2,19,20,24)/t13-/m1/s1.